The summed E-state index contributed by atoms with van der Waals surface area (Å²) in [6.45, 7) is 5.91. The van der Waals surface area contributed by atoms with Crippen LogP contribution in [0.1, 0.15) is 71.6 Å². The third kappa shape index (κ3) is 5.54. The molecule has 4 heteroatoms. The lowest BCUT2D eigenvalue weighted by molar-refractivity contribution is -0.231. The van der Waals surface area contributed by atoms with Crippen molar-refractivity contribution >= 4 is 5.97 Å². The molecule has 0 aromatic heterocycles. The van der Waals surface area contributed by atoms with Crippen molar-refractivity contribution in [2.45, 2.75) is 84.0 Å². The number of ether oxygens (including phenoxy) is 3. The molecule has 2 rings (SSSR count). The van der Waals surface area contributed by atoms with Gasteiger partial charge in [-0.2, -0.15) is 0 Å². The normalized spacial score (nSPS) is 32.6. The monoisotopic (exact) mass is 312 g/mol. The largest absolute Gasteiger partial charge is 0.462 e. The van der Waals surface area contributed by atoms with Crippen LogP contribution in [0.15, 0.2) is 0 Å². The van der Waals surface area contributed by atoms with Gasteiger partial charge in [0.25, 0.3) is 0 Å². The molecule has 2 fully saturated rings. The molecule has 0 atom stereocenters. The lowest BCUT2D eigenvalue weighted by atomic mass is 9.86. The van der Waals surface area contributed by atoms with Gasteiger partial charge in [0, 0.05) is 18.3 Å². The van der Waals surface area contributed by atoms with Crippen LogP contribution in [0.3, 0.4) is 0 Å². The molecule has 0 spiro atoms. The molecule has 4 nitrogen and oxygen atoms in total. The molecule has 1 aliphatic carbocycles. The fourth-order valence-corrected chi connectivity index (χ4v) is 3.42. The first kappa shape index (κ1) is 17.7. The molecule has 0 bridgehead atoms. The van der Waals surface area contributed by atoms with Crippen LogP contribution in [0.5, 0.6) is 0 Å². The van der Waals surface area contributed by atoms with Gasteiger partial charge in [-0.3, -0.25) is 4.79 Å². The highest BCUT2D eigenvalue weighted by molar-refractivity contribution is 5.69. The molecule has 0 N–H and O–H groups in total. The number of hydrogen-bond acceptors (Lipinski definition) is 4. The second kappa shape index (κ2) is 9.51. The van der Waals surface area contributed by atoms with E-state index in [1.165, 1.54) is 19.3 Å². The van der Waals surface area contributed by atoms with E-state index >= 15 is 0 Å². The van der Waals surface area contributed by atoms with Crippen molar-refractivity contribution in [1.82, 2.24) is 0 Å². The molecule has 128 valence electrons. The highest BCUT2D eigenvalue weighted by Crippen LogP contribution is 2.33. The molecular formula is C18H32O4. The van der Waals surface area contributed by atoms with E-state index in [9.17, 15) is 4.79 Å². The van der Waals surface area contributed by atoms with Crippen molar-refractivity contribution in [2.24, 2.45) is 11.8 Å². The van der Waals surface area contributed by atoms with Gasteiger partial charge in [-0.25, -0.2) is 0 Å². The zero-order chi connectivity index (χ0) is 15.8. The van der Waals surface area contributed by atoms with Gasteiger partial charge in [-0.1, -0.05) is 26.7 Å². The predicted octanol–water partition coefficient (Wildman–Crippen LogP) is 4.07. The van der Waals surface area contributed by atoms with Crippen LogP contribution in [0.2, 0.25) is 0 Å². The minimum Gasteiger partial charge on any atom is -0.462 e. The molecule has 2 aliphatic rings. The SMILES string of the molecule is CCCCC1COC(C2CCC(OC(=O)CCC)CC2)OC1. The van der Waals surface area contributed by atoms with Crippen LogP contribution in [0, 0.1) is 11.8 Å². The van der Waals surface area contributed by atoms with E-state index in [1.807, 2.05) is 6.92 Å². The zero-order valence-corrected chi connectivity index (χ0v) is 14.2. The van der Waals surface area contributed by atoms with Gasteiger partial charge in [0.15, 0.2) is 6.29 Å². The predicted molar refractivity (Wildman–Crippen MR) is 85.5 cm³/mol. The summed E-state index contributed by atoms with van der Waals surface area (Å²) < 4.78 is 17.4. The van der Waals surface area contributed by atoms with E-state index in [0.29, 0.717) is 18.3 Å². The van der Waals surface area contributed by atoms with Crippen LogP contribution < -0.4 is 0 Å². The maximum atomic E-state index is 11.5. The number of carbonyl (C=O) groups is 1. The molecule has 1 aliphatic heterocycles. The third-order valence-electron chi connectivity index (χ3n) is 4.81. The Hall–Kier alpha value is -0.610. The Kier molecular flexibility index (Phi) is 7.67. The van der Waals surface area contributed by atoms with Gasteiger partial charge < -0.3 is 14.2 Å². The maximum absolute atomic E-state index is 11.5. The van der Waals surface area contributed by atoms with Crippen molar-refractivity contribution in [3.63, 3.8) is 0 Å². The first-order chi connectivity index (χ1) is 10.7. The van der Waals surface area contributed by atoms with E-state index in [-0.39, 0.29) is 18.4 Å². The number of esters is 1. The standard InChI is InChI=1S/C18H32O4/c1-3-5-7-14-12-20-18(21-13-14)15-8-10-16(11-9-15)22-17(19)6-4-2/h14-16,18H,3-13H2,1-2H3. The molecule has 0 aromatic carbocycles. The molecule has 22 heavy (non-hydrogen) atoms. The van der Waals surface area contributed by atoms with Gasteiger partial charge in [0.05, 0.1) is 13.2 Å². The van der Waals surface area contributed by atoms with Crippen LogP contribution >= 0.6 is 0 Å². The topological polar surface area (TPSA) is 44.8 Å². The van der Waals surface area contributed by atoms with Gasteiger partial charge in [-0.15, -0.1) is 0 Å². The van der Waals surface area contributed by atoms with Gasteiger partial charge in [-0.05, 0) is 38.5 Å². The Morgan fingerprint density at radius 2 is 1.73 bits per heavy atom. The maximum Gasteiger partial charge on any atom is 0.306 e. The summed E-state index contributed by atoms with van der Waals surface area (Å²) in [5, 5.41) is 0. The van der Waals surface area contributed by atoms with Crippen LogP contribution in [0.25, 0.3) is 0 Å². The Morgan fingerprint density at radius 3 is 2.32 bits per heavy atom. The molecule has 0 radical (unpaired) electrons. The van der Waals surface area contributed by atoms with Crippen LogP contribution in [-0.4, -0.2) is 31.6 Å². The summed E-state index contributed by atoms with van der Waals surface area (Å²) >= 11 is 0. The number of hydrogen-bond donors (Lipinski definition) is 0. The van der Waals surface area contributed by atoms with Gasteiger partial charge >= 0.3 is 5.97 Å². The second-order valence-electron chi connectivity index (χ2n) is 6.82. The smallest absolute Gasteiger partial charge is 0.306 e. The number of carbonyl (C=O) groups excluding carboxylic acids is 1. The van der Waals surface area contributed by atoms with Crippen molar-refractivity contribution < 1.29 is 19.0 Å². The fraction of sp³-hybridized carbons (Fsp3) is 0.944. The van der Waals surface area contributed by atoms with E-state index in [4.69, 9.17) is 14.2 Å². The van der Waals surface area contributed by atoms with E-state index < -0.39 is 0 Å². The van der Waals surface area contributed by atoms with E-state index in [1.54, 1.807) is 0 Å². The highest BCUT2D eigenvalue weighted by Gasteiger charge is 2.33. The van der Waals surface area contributed by atoms with Gasteiger partial charge in [0.2, 0.25) is 0 Å². The highest BCUT2D eigenvalue weighted by atomic mass is 16.7. The Balaban J connectivity index is 1.64. The Morgan fingerprint density at radius 1 is 1.05 bits per heavy atom. The zero-order valence-electron chi connectivity index (χ0n) is 14.2. The van der Waals surface area contributed by atoms with Crippen molar-refractivity contribution in [3.8, 4) is 0 Å². The minimum atomic E-state index is -0.0464. The van der Waals surface area contributed by atoms with Crippen molar-refractivity contribution in [3.05, 3.63) is 0 Å². The molecule has 0 amide bonds. The van der Waals surface area contributed by atoms with Crippen LogP contribution in [-0.2, 0) is 19.0 Å². The Labute approximate surface area is 134 Å². The van der Waals surface area contributed by atoms with E-state index in [0.717, 1.165) is 45.3 Å². The van der Waals surface area contributed by atoms with Crippen molar-refractivity contribution in [1.29, 1.82) is 0 Å². The average molecular weight is 312 g/mol. The molecular weight excluding hydrogens is 280 g/mol. The summed E-state index contributed by atoms with van der Waals surface area (Å²) in [6, 6.07) is 0. The molecule has 1 saturated carbocycles. The fourth-order valence-electron chi connectivity index (χ4n) is 3.42. The number of unbranched alkanes of at least 4 members (excludes halogenated alkanes) is 1. The first-order valence-electron chi connectivity index (χ1n) is 9.15. The average Bonchev–Trinajstić information content (AvgIpc) is 2.54. The summed E-state index contributed by atoms with van der Waals surface area (Å²) in [5.74, 6) is 0.991. The molecule has 1 saturated heterocycles. The Bertz CT molecular complexity index is 315. The van der Waals surface area contributed by atoms with Gasteiger partial charge in [0.1, 0.15) is 6.10 Å². The third-order valence-corrected chi connectivity index (χ3v) is 4.81. The van der Waals surface area contributed by atoms with Crippen LogP contribution in [0.4, 0.5) is 0 Å². The number of rotatable bonds is 7. The lowest BCUT2D eigenvalue weighted by Crippen LogP contribution is -2.39. The summed E-state index contributed by atoms with van der Waals surface area (Å²) in [7, 11) is 0. The minimum absolute atomic E-state index is 0.0369. The lowest BCUT2D eigenvalue weighted by Gasteiger charge is -2.37. The molecule has 1 heterocycles. The summed E-state index contributed by atoms with van der Waals surface area (Å²) in [5.41, 5.74) is 0. The van der Waals surface area contributed by atoms with Crippen molar-refractivity contribution in [2.75, 3.05) is 13.2 Å². The quantitative estimate of drug-likeness (QED) is 0.665. The molecule has 0 unspecified atom stereocenters. The summed E-state index contributed by atoms with van der Waals surface area (Å²) in [4.78, 5) is 11.5. The molecule has 0 aromatic rings. The van der Waals surface area contributed by atoms with E-state index in [2.05, 4.69) is 6.92 Å². The summed E-state index contributed by atoms with van der Waals surface area (Å²) in [6.07, 6.45) is 9.14. The first-order valence-corrected chi connectivity index (χ1v) is 9.15. The second-order valence-corrected chi connectivity index (χ2v) is 6.82.